The highest BCUT2D eigenvalue weighted by atomic mass is 16.5. The molecule has 0 spiro atoms. The van der Waals surface area contributed by atoms with E-state index in [1.807, 2.05) is 37.3 Å². The first-order chi connectivity index (χ1) is 11.7. The fourth-order valence-corrected chi connectivity index (χ4v) is 2.92. The summed E-state index contributed by atoms with van der Waals surface area (Å²) in [5, 5.41) is 17.2. The van der Waals surface area contributed by atoms with Crippen LogP contribution in [0.2, 0.25) is 0 Å². The van der Waals surface area contributed by atoms with Gasteiger partial charge < -0.3 is 19.7 Å². The molecular formula is C18H22N2O4. The third kappa shape index (κ3) is 3.76. The summed E-state index contributed by atoms with van der Waals surface area (Å²) >= 11 is 0. The van der Waals surface area contributed by atoms with Crippen molar-refractivity contribution in [2.75, 3.05) is 0 Å². The summed E-state index contributed by atoms with van der Waals surface area (Å²) in [6.07, 6.45) is 1.93. The topological polar surface area (TPSA) is 84.6 Å². The van der Waals surface area contributed by atoms with E-state index >= 15 is 0 Å². The first-order valence-corrected chi connectivity index (χ1v) is 8.33. The van der Waals surface area contributed by atoms with Crippen molar-refractivity contribution in [2.45, 2.75) is 50.9 Å². The first kappa shape index (κ1) is 16.5. The van der Waals surface area contributed by atoms with Gasteiger partial charge in [0.1, 0.15) is 18.0 Å². The molecule has 1 aromatic heterocycles. The quantitative estimate of drug-likeness (QED) is 0.879. The summed E-state index contributed by atoms with van der Waals surface area (Å²) in [6.45, 7) is 1.94. The largest absolute Gasteiger partial charge is 0.488 e. The lowest BCUT2D eigenvalue weighted by Gasteiger charge is -2.35. The number of nitrogens with zero attached hydrogens (tertiary/aromatic N) is 1. The van der Waals surface area contributed by atoms with E-state index in [1.165, 1.54) is 0 Å². The van der Waals surface area contributed by atoms with Crippen molar-refractivity contribution in [2.24, 2.45) is 0 Å². The Kier molecular flexibility index (Phi) is 5.15. The second-order valence-corrected chi connectivity index (χ2v) is 6.01. The van der Waals surface area contributed by atoms with Crippen LogP contribution in [0, 0.1) is 0 Å². The average Bonchev–Trinajstić information content (AvgIpc) is 3.09. The highest BCUT2D eigenvalue weighted by molar-refractivity contribution is 5.91. The molecule has 1 aliphatic carbocycles. The Labute approximate surface area is 140 Å². The Morgan fingerprint density at radius 1 is 1.38 bits per heavy atom. The lowest BCUT2D eigenvalue weighted by molar-refractivity contribution is -0.0143. The molecule has 6 heteroatoms. The minimum absolute atomic E-state index is 0.171. The van der Waals surface area contributed by atoms with Crippen LogP contribution >= 0.6 is 0 Å². The summed E-state index contributed by atoms with van der Waals surface area (Å²) < 4.78 is 10.9. The van der Waals surface area contributed by atoms with E-state index in [1.54, 1.807) is 6.07 Å². The lowest BCUT2D eigenvalue weighted by Crippen LogP contribution is -2.52. The second kappa shape index (κ2) is 7.49. The van der Waals surface area contributed by atoms with Crippen LogP contribution in [-0.2, 0) is 6.42 Å². The molecule has 3 rings (SSSR count). The summed E-state index contributed by atoms with van der Waals surface area (Å²) in [5.74, 6) is 0.535. The maximum absolute atomic E-state index is 12.3. The molecule has 1 amide bonds. The number of para-hydroxylation sites is 1. The summed E-state index contributed by atoms with van der Waals surface area (Å²) in [4.78, 5) is 12.3. The Morgan fingerprint density at radius 2 is 2.17 bits per heavy atom. The maximum Gasteiger partial charge on any atom is 0.290 e. The summed E-state index contributed by atoms with van der Waals surface area (Å²) in [7, 11) is 0. The third-order valence-electron chi connectivity index (χ3n) is 4.29. The van der Waals surface area contributed by atoms with E-state index < -0.39 is 6.10 Å². The molecule has 128 valence electrons. The molecule has 0 aliphatic heterocycles. The molecule has 1 aliphatic rings. The molecular weight excluding hydrogens is 308 g/mol. The number of nitrogens with one attached hydrogen (secondary N) is 1. The van der Waals surface area contributed by atoms with Crippen molar-refractivity contribution >= 4 is 5.91 Å². The van der Waals surface area contributed by atoms with Gasteiger partial charge in [-0.15, -0.1) is 0 Å². The van der Waals surface area contributed by atoms with E-state index in [2.05, 4.69) is 10.5 Å². The first-order valence-electron chi connectivity index (χ1n) is 8.33. The number of benzene rings is 1. The predicted molar refractivity (Wildman–Crippen MR) is 87.9 cm³/mol. The number of rotatable bonds is 5. The monoisotopic (exact) mass is 330 g/mol. The lowest BCUT2D eigenvalue weighted by atomic mass is 9.89. The van der Waals surface area contributed by atoms with Crippen LogP contribution in [0.5, 0.6) is 5.75 Å². The number of hydrogen-bond donors (Lipinski definition) is 2. The van der Waals surface area contributed by atoms with Gasteiger partial charge in [-0.3, -0.25) is 4.79 Å². The van der Waals surface area contributed by atoms with Crippen molar-refractivity contribution in [1.29, 1.82) is 0 Å². The molecule has 0 unspecified atom stereocenters. The number of aliphatic hydroxyl groups is 1. The molecule has 24 heavy (non-hydrogen) atoms. The molecule has 6 nitrogen and oxygen atoms in total. The van der Waals surface area contributed by atoms with Gasteiger partial charge in [-0.05, 0) is 37.8 Å². The molecule has 1 saturated carbocycles. The molecule has 0 bridgehead atoms. The Bertz CT molecular complexity index is 671. The average molecular weight is 330 g/mol. The summed E-state index contributed by atoms with van der Waals surface area (Å²) in [5.41, 5.74) is 0.731. The minimum atomic E-state index is -0.767. The Balaban J connectivity index is 1.62. The van der Waals surface area contributed by atoms with Crippen LogP contribution in [0.25, 0.3) is 0 Å². The normalized spacial score (nSPS) is 23.7. The number of aromatic nitrogens is 1. The molecule has 1 fully saturated rings. The number of aryl methyl sites for hydroxylation is 1. The second-order valence-electron chi connectivity index (χ2n) is 6.01. The van der Waals surface area contributed by atoms with Gasteiger partial charge >= 0.3 is 0 Å². The smallest absolute Gasteiger partial charge is 0.290 e. The molecule has 1 aromatic carbocycles. The third-order valence-corrected chi connectivity index (χ3v) is 4.29. The van der Waals surface area contributed by atoms with Gasteiger partial charge in [-0.25, -0.2) is 0 Å². The number of ether oxygens (including phenoxy) is 1. The van der Waals surface area contributed by atoms with E-state index in [-0.39, 0.29) is 23.8 Å². The molecule has 1 heterocycles. The van der Waals surface area contributed by atoms with Crippen LogP contribution in [0.15, 0.2) is 40.9 Å². The zero-order chi connectivity index (χ0) is 16.9. The highest BCUT2D eigenvalue weighted by Gasteiger charge is 2.35. The number of aliphatic hydroxyl groups excluding tert-OH is 1. The minimum Gasteiger partial charge on any atom is -0.488 e. The number of carbonyl (C=O) groups excluding carboxylic acids is 1. The van der Waals surface area contributed by atoms with Gasteiger partial charge in [-0.2, -0.15) is 0 Å². The van der Waals surface area contributed by atoms with E-state index in [0.29, 0.717) is 12.8 Å². The molecule has 2 aromatic rings. The van der Waals surface area contributed by atoms with E-state index in [9.17, 15) is 9.90 Å². The molecule has 3 atom stereocenters. The van der Waals surface area contributed by atoms with E-state index in [4.69, 9.17) is 9.26 Å². The zero-order valence-corrected chi connectivity index (χ0v) is 13.6. The highest BCUT2D eigenvalue weighted by Crippen LogP contribution is 2.24. The fourth-order valence-electron chi connectivity index (χ4n) is 2.92. The molecule has 0 radical (unpaired) electrons. The van der Waals surface area contributed by atoms with Crippen LogP contribution in [0.1, 0.15) is 42.4 Å². The SMILES string of the molecule is CCc1cc(C(=O)N[C@@H]2CCC[C@@H](Oc3ccccc3)[C@@H]2O)on1. The van der Waals surface area contributed by atoms with Gasteiger partial charge in [0.05, 0.1) is 11.7 Å². The Hall–Kier alpha value is -2.34. The van der Waals surface area contributed by atoms with Gasteiger partial charge in [0.2, 0.25) is 5.76 Å². The van der Waals surface area contributed by atoms with Crippen molar-refractivity contribution in [3.63, 3.8) is 0 Å². The fraction of sp³-hybridized carbons (Fsp3) is 0.444. The van der Waals surface area contributed by atoms with Crippen molar-refractivity contribution < 1.29 is 19.2 Å². The van der Waals surface area contributed by atoms with E-state index in [0.717, 1.165) is 24.3 Å². The number of carbonyl (C=O) groups is 1. The molecule has 2 N–H and O–H groups in total. The van der Waals surface area contributed by atoms with Crippen molar-refractivity contribution in [1.82, 2.24) is 10.5 Å². The zero-order valence-electron chi connectivity index (χ0n) is 13.6. The van der Waals surface area contributed by atoms with Crippen molar-refractivity contribution in [3.05, 3.63) is 47.9 Å². The number of hydrogen-bond acceptors (Lipinski definition) is 5. The van der Waals surface area contributed by atoms with Crippen LogP contribution in [0.3, 0.4) is 0 Å². The summed E-state index contributed by atoms with van der Waals surface area (Å²) in [6, 6.07) is 10.7. The predicted octanol–water partition coefficient (Wildman–Crippen LogP) is 2.33. The van der Waals surface area contributed by atoms with Gasteiger partial charge in [-0.1, -0.05) is 30.3 Å². The van der Waals surface area contributed by atoms with Crippen molar-refractivity contribution in [3.8, 4) is 5.75 Å². The molecule has 0 saturated heterocycles. The van der Waals surface area contributed by atoms with Gasteiger partial charge in [0.25, 0.3) is 5.91 Å². The van der Waals surface area contributed by atoms with Crippen LogP contribution in [-0.4, -0.2) is 34.4 Å². The van der Waals surface area contributed by atoms with Gasteiger partial charge in [0, 0.05) is 6.07 Å². The van der Waals surface area contributed by atoms with Crippen LogP contribution < -0.4 is 10.1 Å². The standard InChI is InChI=1S/C18H22N2O4/c1-2-12-11-16(24-20-12)18(22)19-14-9-6-10-15(17(14)21)23-13-7-4-3-5-8-13/h3-5,7-8,11,14-15,17,21H,2,6,9-10H2,1H3,(H,19,22)/t14-,15-,17-/m1/s1. The van der Waals surface area contributed by atoms with Crippen LogP contribution in [0.4, 0.5) is 0 Å². The Morgan fingerprint density at radius 3 is 2.88 bits per heavy atom. The maximum atomic E-state index is 12.3. The van der Waals surface area contributed by atoms with Gasteiger partial charge in [0.15, 0.2) is 0 Å². The number of amides is 1.